The van der Waals surface area contributed by atoms with Crippen LogP contribution in [0.5, 0.6) is 11.5 Å². The van der Waals surface area contributed by atoms with Gasteiger partial charge in [0, 0.05) is 54.7 Å². The van der Waals surface area contributed by atoms with Gasteiger partial charge in [-0.15, -0.1) is 0 Å². The molecule has 1 N–H and O–H groups in total. The average molecular weight is 444 g/mol. The standard InChI is InChI=1S/C22H22ClN3O5/c1-13-12-25(7-8-26(13)16-5-6-17(23)19(11-16)30-2)22(29)21(28)24-15-4-3-14-9-20(27)31-18(14)10-15/h3-6,10-11,13H,7-9,12H2,1-2H3,(H,24,28)/t13-/m1/s1. The largest absolute Gasteiger partial charge is 0.495 e. The minimum Gasteiger partial charge on any atom is -0.495 e. The lowest BCUT2D eigenvalue weighted by atomic mass is 10.1. The van der Waals surface area contributed by atoms with E-state index >= 15 is 0 Å². The number of carbonyl (C=O) groups excluding carboxylic acids is 3. The summed E-state index contributed by atoms with van der Waals surface area (Å²) in [6, 6.07) is 10.5. The molecule has 2 aromatic carbocycles. The number of hydrogen-bond donors (Lipinski definition) is 1. The number of carbonyl (C=O) groups is 3. The van der Waals surface area contributed by atoms with Crippen molar-refractivity contribution in [3.8, 4) is 11.5 Å². The molecule has 2 aliphatic rings. The Labute approximate surface area is 184 Å². The minimum absolute atomic E-state index is 0.00390. The highest BCUT2D eigenvalue weighted by atomic mass is 35.5. The van der Waals surface area contributed by atoms with Gasteiger partial charge in [0.25, 0.3) is 0 Å². The zero-order valence-corrected chi connectivity index (χ0v) is 17.9. The van der Waals surface area contributed by atoms with Crippen LogP contribution >= 0.6 is 11.6 Å². The van der Waals surface area contributed by atoms with E-state index in [1.165, 1.54) is 4.90 Å². The normalized spacial score (nSPS) is 17.8. The van der Waals surface area contributed by atoms with Crippen molar-refractivity contribution in [1.82, 2.24) is 4.90 Å². The number of halogens is 1. The molecule has 1 saturated heterocycles. The van der Waals surface area contributed by atoms with E-state index in [0.717, 1.165) is 11.3 Å². The van der Waals surface area contributed by atoms with E-state index in [4.69, 9.17) is 21.1 Å². The number of esters is 1. The molecular formula is C22H22ClN3O5. The summed E-state index contributed by atoms with van der Waals surface area (Å²) in [6.07, 6.45) is 0.212. The quantitative estimate of drug-likeness (QED) is 0.445. The summed E-state index contributed by atoms with van der Waals surface area (Å²) in [7, 11) is 1.56. The van der Waals surface area contributed by atoms with Crippen LogP contribution in [-0.2, 0) is 20.8 Å². The Balaban J connectivity index is 1.39. The maximum absolute atomic E-state index is 12.7. The number of piperazine rings is 1. The second-order valence-corrected chi connectivity index (χ2v) is 7.95. The number of rotatable bonds is 3. The lowest BCUT2D eigenvalue weighted by molar-refractivity contribution is -0.143. The van der Waals surface area contributed by atoms with Crippen molar-refractivity contribution in [2.45, 2.75) is 19.4 Å². The first kappa shape index (κ1) is 21.0. The number of anilines is 2. The number of hydrogen-bond acceptors (Lipinski definition) is 6. The summed E-state index contributed by atoms with van der Waals surface area (Å²) >= 11 is 6.11. The van der Waals surface area contributed by atoms with E-state index < -0.39 is 11.8 Å². The van der Waals surface area contributed by atoms with Gasteiger partial charge >= 0.3 is 17.8 Å². The molecule has 2 amide bonds. The van der Waals surface area contributed by atoms with Gasteiger partial charge in [-0.05, 0) is 25.1 Å². The van der Waals surface area contributed by atoms with E-state index in [1.807, 2.05) is 19.1 Å². The van der Waals surface area contributed by atoms with Crippen LogP contribution in [0.4, 0.5) is 11.4 Å². The molecule has 0 spiro atoms. The van der Waals surface area contributed by atoms with Gasteiger partial charge in [-0.1, -0.05) is 17.7 Å². The number of nitrogens with one attached hydrogen (secondary N) is 1. The molecule has 1 fully saturated rings. The average Bonchev–Trinajstić information content (AvgIpc) is 3.13. The summed E-state index contributed by atoms with van der Waals surface area (Å²) in [5.74, 6) is -0.657. The number of fused-ring (bicyclic) bond motifs is 1. The molecule has 0 unspecified atom stereocenters. The Bertz CT molecular complexity index is 1060. The summed E-state index contributed by atoms with van der Waals surface area (Å²) in [4.78, 5) is 40.3. The van der Waals surface area contributed by atoms with Crippen LogP contribution in [-0.4, -0.2) is 55.5 Å². The Morgan fingerprint density at radius 3 is 2.74 bits per heavy atom. The first-order chi connectivity index (χ1) is 14.9. The Morgan fingerprint density at radius 1 is 1.19 bits per heavy atom. The Hall–Kier alpha value is -3.26. The van der Waals surface area contributed by atoms with Crippen molar-refractivity contribution < 1.29 is 23.9 Å². The summed E-state index contributed by atoms with van der Waals surface area (Å²) in [6.45, 7) is 3.37. The molecule has 0 aromatic heterocycles. The first-order valence-corrected chi connectivity index (χ1v) is 10.3. The topological polar surface area (TPSA) is 88.2 Å². The Kier molecular flexibility index (Phi) is 5.73. The van der Waals surface area contributed by atoms with Crippen LogP contribution in [0.3, 0.4) is 0 Å². The molecule has 0 saturated carbocycles. The third-order valence-corrected chi connectivity index (χ3v) is 5.77. The van der Waals surface area contributed by atoms with Crippen molar-refractivity contribution in [3.63, 3.8) is 0 Å². The van der Waals surface area contributed by atoms with Gasteiger partial charge in [0.2, 0.25) is 0 Å². The fraction of sp³-hybridized carbons (Fsp3) is 0.318. The first-order valence-electron chi connectivity index (χ1n) is 9.89. The summed E-state index contributed by atoms with van der Waals surface area (Å²) in [5.41, 5.74) is 2.11. The van der Waals surface area contributed by atoms with E-state index in [1.54, 1.807) is 31.4 Å². The zero-order chi connectivity index (χ0) is 22.1. The number of ether oxygens (including phenoxy) is 2. The number of nitrogens with zero attached hydrogens (tertiary/aromatic N) is 2. The van der Waals surface area contributed by atoms with Crippen molar-refractivity contribution in [1.29, 1.82) is 0 Å². The van der Waals surface area contributed by atoms with Gasteiger partial charge in [-0.25, -0.2) is 0 Å². The van der Waals surface area contributed by atoms with Gasteiger partial charge in [0.05, 0.1) is 18.6 Å². The molecule has 8 nitrogen and oxygen atoms in total. The fourth-order valence-corrected chi connectivity index (χ4v) is 4.06. The second-order valence-electron chi connectivity index (χ2n) is 7.54. The van der Waals surface area contributed by atoms with Gasteiger partial charge in [-0.3, -0.25) is 14.4 Å². The van der Waals surface area contributed by atoms with Crippen LogP contribution in [0.25, 0.3) is 0 Å². The fourth-order valence-electron chi connectivity index (χ4n) is 3.87. The number of amides is 2. The molecular weight excluding hydrogens is 422 g/mol. The van der Waals surface area contributed by atoms with Crippen molar-refractivity contribution in [2.24, 2.45) is 0 Å². The minimum atomic E-state index is -0.724. The van der Waals surface area contributed by atoms with Gasteiger partial charge in [0.1, 0.15) is 11.5 Å². The molecule has 162 valence electrons. The van der Waals surface area contributed by atoms with E-state index in [9.17, 15) is 14.4 Å². The van der Waals surface area contributed by atoms with Crippen LogP contribution < -0.4 is 19.7 Å². The lowest BCUT2D eigenvalue weighted by Crippen LogP contribution is -2.55. The molecule has 0 radical (unpaired) electrons. The lowest BCUT2D eigenvalue weighted by Gasteiger charge is -2.41. The highest BCUT2D eigenvalue weighted by Gasteiger charge is 2.31. The monoisotopic (exact) mass is 443 g/mol. The van der Waals surface area contributed by atoms with E-state index in [-0.39, 0.29) is 18.4 Å². The Morgan fingerprint density at radius 2 is 2.00 bits per heavy atom. The SMILES string of the molecule is COc1cc(N2CCN(C(=O)C(=O)Nc3ccc4c(c3)OC(=O)C4)C[C@H]2C)ccc1Cl. The summed E-state index contributed by atoms with van der Waals surface area (Å²) < 4.78 is 10.4. The van der Waals surface area contributed by atoms with Crippen LogP contribution in [0.15, 0.2) is 36.4 Å². The molecule has 0 bridgehead atoms. The number of methoxy groups -OCH3 is 1. The molecule has 0 aliphatic carbocycles. The van der Waals surface area contributed by atoms with Crippen LogP contribution in [0.2, 0.25) is 5.02 Å². The van der Waals surface area contributed by atoms with Gasteiger partial charge in [-0.2, -0.15) is 0 Å². The molecule has 1 atom stereocenters. The molecule has 4 rings (SSSR count). The van der Waals surface area contributed by atoms with Crippen LogP contribution in [0, 0.1) is 0 Å². The third-order valence-electron chi connectivity index (χ3n) is 5.46. The predicted molar refractivity (Wildman–Crippen MR) is 116 cm³/mol. The van der Waals surface area contributed by atoms with E-state index in [2.05, 4.69) is 10.2 Å². The number of benzene rings is 2. The molecule has 2 heterocycles. The smallest absolute Gasteiger partial charge is 0.315 e. The predicted octanol–water partition coefficient (Wildman–Crippen LogP) is 2.49. The highest BCUT2D eigenvalue weighted by molar-refractivity contribution is 6.39. The van der Waals surface area contributed by atoms with Crippen molar-refractivity contribution in [2.75, 3.05) is 37.0 Å². The molecule has 2 aliphatic heterocycles. The zero-order valence-electron chi connectivity index (χ0n) is 17.2. The highest BCUT2D eigenvalue weighted by Crippen LogP contribution is 2.31. The maximum Gasteiger partial charge on any atom is 0.315 e. The molecule has 31 heavy (non-hydrogen) atoms. The maximum atomic E-state index is 12.7. The van der Waals surface area contributed by atoms with Crippen molar-refractivity contribution >= 4 is 40.8 Å². The van der Waals surface area contributed by atoms with Crippen molar-refractivity contribution in [3.05, 3.63) is 47.0 Å². The summed E-state index contributed by atoms with van der Waals surface area (Å²) in [5, 5.41) is 3.13. The second kappa shape index (κ2) is 8.47. The van der Waals surface area contributed by atoms with Crippen LogP contribution in [0.1, 0.15) is 12.5 Å². The molecule has 9 heteroatoms. The van der Waals surface area contributed by atoms with Gasteiger partial charge < -0.3 is 24.6 Å². The molecule has 2 aromatic rings. The van der Waals surface area contributed by atoms with E-state index in [0.29, 0.717) is 41.8 Å². The van der Waals surface area contributed by atoms with Gasteiger partial charge in [0.15, 0.2) is 0 Å². The third kappa shape index (κ3) is 4.29.